The fraction of sp³-hybridized carbons (Fsp3) is 0.533. The van der Waals surface area contributed by atoms with Crippen LogP contribution in [0.2, 0.25) is 0 Å². The third kappa shape index (κ3) is 3.00. The van der Waals surface area contributed by atoms with E-state index < -0.39 is 5.41 Å². The van der Waals surface area contributed by atoms with Gasteiger partial charge in [0.05, 0.1) is 16.9 Å². The highest BCUT2D eigenvalue weighted by Gasteiger charge is 2.30. The number of carbonyl (C=O) groups excluding carboxylic acids is 2. The fourth-order valence-corrected chi connectivity index (χ4v) is 1.91. The molecule has 2 rings (SSSR count). The minimum absolute atomic E-state index is 0.0945. The summed E-state index contributed by atoms with van der Waals surface area (Å²) < 4.78 is 0. The Morgan fingerprint density at radius 3 is 2.53 bits per heavy atom. The van der Waals surface area contributed by atoms with E-state index in [9.17, 15) is 9.59 Å². The number of aldehydes is 1. The van der Waals surface area contributed by atoms with Gasteiger partial charge in [-0.15, -0.1) is 0 Å². The summed E-state index contributed by atoms with van der Waals surface area (Å²) in [5.74, 6) is 0.285. The molecule has 19 heavy (non-hydrogen) atoms. The maximum atomic E-state index is 12.1. The number of amides is 1. The summed E-state index contributed by atoms with van der Waals surface area (Å²) in [5.41, 5.74) is 2.29. The monoisotopic (exact) mass is 260 g/mol. The van der Waals surface area contributed by atoms with Crippen LogP contribution in [-0.4, -0.2) is 17.2 Å². The van der Waals surface area contributed by atoms with Gasteiger partial charge in [-0.05, 0) is 25.8 Å². The second-order valence-electron chi connectivity index (χ2n) is 6.21. The van der Waals surface area contributed by atoms with Gasteiger partial charge in [-0.25, -0.2) is 0 Å². The van der Waals surface area contributed by atoms with Crippen LogP contribution in [0.15, 0.2) is 6.07 Å². The number of hydrogen-bond donors (Lipinski definition) is 1. The predicted octanol–water partition coefficient (Wildman–Crippen LogP) is 3.06. The minimum atomic E-state index is -0.489. The number of carbonyl (C=O) groups is 2. The molecule has 0 spiro atoms. The van der Waals surface area contributed by atoms with Crippen LogP contribution in [0, 0.1) is 12.3 Å². The highest BCUT2D eigenvalue weighted by molar-refractivity contribution is 5.99. The van der Waals surface area contributed by atoms with E-state index in [1.165, 1.54) is 0 Å². The Kier molecular flexibility index (Phi) is 3.43. The summed E-state index contributed by atoms with van der Waals surface area (Å²) in [6.07, 6.45) is 2.95. The molecule has 0 saturated heterocycles. The molecule has 1 aromatic rings. The topological polar surface area (TPSA) is 59.1 Å². The third-order valence-corrected chi connectivity index (χ3v) is 3.23. The Hall–Kier alpha value is -1.71. The molecule has 0 bridgehead atoms. The summed E-state index contributed by atoms with van der Waals surface area (Å²) in [7, 11) is 0. The average Bonchev–Trinajstić information content (AvgIpc) is 3.10. The van der Waals surface area contributed by atoms with Crippen LogP contribution in [0.1, 0.15) is 61.3 Å². The molecular formula is C15H20N2O2. The Bertz CT molecular complexity index is 526. The molecule has 0 unspecified atom stereocenters. The molecular weight excluding hydrogens is 240 g/mol. The maximum Gasteiger partial charge on any atom is 0.229 e. The Morgan fingerprint density at radius 1 is 1.42 bits per heavy atom. The molecule has 0 radical (unpaired) electrons. The zero-order chi connectivity index (χ0) is 14.2. The molecule has 102 valence electrons. The molecule has 0 atom stereocenters. The van der Waals surface area contributed by atoms with Crippen LogP contribution in [0.3, 0.4) is 0 Å². The van der Waals surface area contributed by atoms with E-state index in [-0.39, 0.29) is 5.91 Å². The molecule has 1 saturated carbocycles. The lowest BCUT2D eigenvalue weighted by Gasteiger charge is -2.19. The van der Waals surface area contributed by atoms with Crippen molar-refractivity contribution in [1.29, 1.82) is 0 Å². The van der Waals surface area contributed by atoms with Gasteiger partial charge < -0.3 is 5.32 Å². The maximum absolute atomic E-state index is 12.1. The fourth-order valence-electron chi connectivity index (χ4n) is 1.91. The van der Waals surface area contributed by atoms with Gasteiger partial charge in [-0.1, -0.05) is 20.8 Å². The summed E-state index contributed by atoms with van der Waals surface area (Å²) in [6.45, 7) is 7.42. The average molecular weight is 260 g/mol. The quantitative estimate of drug-likeness (QED) is 0.850. The van der Waals surface area contributed by atoms with Crippen molar-refractivity contribution in [3.8, 4) is 0 Å². The summed E-state index contributed by atoms with van der Waals surface area (Å²) in [6, 6.07) is 1.76. The van der Waals surface area contributed by atoms with Crippen LogP contribution >= 0.6 is 0 Å². The van der Waals surface area contributed by atoms with Gasteiger partial charge in [0.25, 0.3) is 0 Å². The summed E-state index contributed by atoms with van der Waals surface area (Å²) in [5, 5.41) is 2.86. The largest absolute Gasteiger partial charge is 0.325 e. The van der Waals surface area contributed by atoms with Gasteiger partial charge in [0.15, 0.2) is 6.29 Å². The number of anilines is 1. The number of nitrogens with zero attached hydrogens (tertiary/aromatic N) is 1. The van der Waals surface area contributed by atoms with Crippen molar-refractivity contribution < 1.29 is 9.59 Å². The number of nitrogens with one attached hydrogen (secondary N) is 1. The predicted molar refractivity (Wildman–Crippen MR) is 74.4 cm³/mol. The normalized spacial score (nSPS) is 15.2. The highest BCUT2D eigenvalue weighted by Crippen LogP contribution is 2.42. The zero-order valence-corrected chi connectivity index (χ0v) is 11.9. The lowest BCUT2D eigenvalue weighted by Crippen LogP contribution is -2.28. The van der Waals surface area contributed by atoms with Crippen molar-refractivity contribution in [1.82, 2.24) is 4.98 Å². The summed E-state index contributed by atoms with van der Waals surface area (Å²) in [4.78, 5) is 27.8. The number of aryl methyl sites for hydroxylation is 1. The molecule has 0 aliphatic heterocycles. The smallest absolute Gasteiger partial charge is 0.229 e. The summed E-state index contributed by atoms with van der Waals surface area (Å²) >= 11 is 0. The van der Waals surface area contributed by atoms with Crippen molar-refractivity contribution in [3.63, 3.8) is 0 Å². The van der Waals surface area contributed by atoms with Crippen LogP contribution in [0.5, 0.6) is 0 Å². The van der Waals surface area contributed by atoms with Gasteiger partial charge in [-0.3, -0.25) is 14.6 Å². The van der Waals surface area contributed by atoms with Crippen LogP contribution in [-0.2, 0) is 4.79 Å². The second-order valence-corrected chi connectivity index (χ2v) is 6.21. The number of rotatable bonds is 3. The van der Waals surface area contributed by atoms with Gasteiger partial charge in [0, 0.05) is 17.0 Å². The van der Waals surface area contributed by atoms with E-state index >= 15 is 0 Å². The van der Waals surface area contributed by atoms with E-state index in [1.807, 2.05) is 27.7 Å². The van der Waals surface area contributed by atoms with E-state index in [1.54, 1.807) is 6.07 Å². The lowest BCUT2D eigenvalue weighted by atomic mass is 9.95. The molecule has 1 aliphatic carbocycles. The standard InChI is InChI=1S/C15H20N2O2/c1-9-7-12(17-14(19)15(2,3)4)11(8-18)13(16-9)10-5-6-10/h7-8,10H,5-6H2,1-4H3,(H,16,17,19). The molecule has 1 heterocycles. The molecule has 1 N–H and O–H groups in total. The Balaban J connectivity index is 2.39. The SMILES string of the molecule is Cc1cc(NC(=O)C(C)(C)C)c(C=O)c(C2CC2)n1. The van der Waals surface area contributed by atoms with Gasteiger partial charge in [0.2, 0.25) is 5.91 Å². The van der Waals surface area contributed by atoms with Crippen molar-refractivity contribution in [2.75, 3.05) is 5.32 Å². The van der Waals surface area contributed by atoms with Gasteiger partial charge in [-0.2, -0.15) is 0 Å². The first-order chi connectivity index (χ1) is 8.82. The van der Waals surface area contributed by atoms with E-state index in [0.717, 1.165) is 30.5 Å². The second kappa shape index (κ2) is 4.76. The van der Waals surface area contributed by atoms with Gasteiger partial charge in [0.1, 0.15) is 0 Å². The minimum Gasteiger partial charge on any atom is -0.325 e. The molecule has 1 aromatic heterocycles. The molecule has 1 aliphatic rings. The highest BCUT2D eigenvalue weighted by atomic mass is 16.2. The molecule has 1 fully saturated rings. The number of hydrogen-bond acceptors (Lipinski definition) is 3. The first-order valence-electron chi connectivity index (χ1n) is 6.61. The third-order valence-electron chi connectivity index (χ3n) is 3.23. The number of pyridine rings is 1. The van der Waals surface area contributed by atoms with Crippen molar-refractivity contribution >= 4 is 17.9 Å². The molecule has 0 aromatic carbocycles. The molecule has 4 heteroatoms. The first kappa shape index (κ1) is 13.7. The van der Waals surface area contributed by atoms with Crippen LogP contribution in [0.4, 0.5) is 5.69 Å². The molecule has 4 nitrogen and oxygen atoms in total. The zero-order valence-electron chi connectivity index (χ0n) is 11.9. The lowest BCUT2D eigenvalue weighted by molar-refractivity contribution is -0.123. The van der Waals surface area contributed by atoms with Gasteiger partial charge >= 0.3 is 0 Å². The van der Waals surface area contributed by atoms with Crippen molar-refractivity contribution in [3.05, 3.63) is 23.0 Å². The number of aromatic nitrogens is 1. The first-order valence-corrected chi connectivity index (χ1v) is 6.61. The van der Waals surface area contributed by atoms with Crippen molar-refractivity contribution in [2.24, 2.45) is 5.41 Å². The van der Waals surface area contributed by atoms with Crippen LogP contribution in [0.25, 0.3) is 0 Å². The Labute approximate surface area is 113 Å². The van der Waals surface area contributed by atoms with E-state index in [4.69, 9.17) is 0 Å². The Morgan fingerprint density at radius 2 is 2.05 bits per heavy atom. The van der Waals surface area contributed by atoms with Crippen LogP contribution < -0.4 is 5.32 Å². The molecule has 1 amide bonds. The van der Waals surface area contributed by atoms with Crippen molar-refractivity contribution in [2.45, 2.75) is 46.5 Å². The van der Waals surface area contributed by atoms with E-state index in [2.05, 4.69) is 10.3 Å². The van der Waals surface area contributed by atoms with E-state index in [0.29, 0.717) is 17.2 Å².